The average molecular weight is 433 g/mol. The Balaban J connectivity index is 2.41. The summed E-state index contributed by atoms with van der Waals surface area (Å²) >= 11 is 0. The zero-order chi connectivity index (χ0) is 23.4. The van der Waals surface area contributed by atoms with Crippen molar-refractivity contribution in [1.29, 1.82) is 5.26 Å². The highest BCUT2D eigenvalue weighted by Gasteiger charge is 2.43. The topological polar surface area (TPSA) is 115 Å². The molecule has 0 spiro atoms. The summed E-state index contributed by atoms with van der Waals surface area (Å²) < 4.78 is 15.3. The SMILES string of the molecule is COC(=O)C1=C(C(=O)OC)N(c2ccc(OC)cc2C)C(N)=C(C#N)C1c1ccccc1. The Morgan fingerprint density at radius 2 is 1.69 bits per heavy atom. The summed E-state index contributed by atoms with van der Waals surface area (Å²) in [5.41, 5.74) is 8.24. The molecule has 32 heavy (non-hydrogen) atoms. The first-order valence-electron chi connectivity index (χ1n) is 9.69. The van der Waals surface area contributed by atoms with Crippen LogP contribution in [0.2, 0.25) is 0 Å². The van der Waals surface area contributed by atoms with Gasteiger partial charge in [0.2, 0.25) is 0 Å². The number of methoxy groups -OCH3 is 3. The lowest BCUT2D eigenvalue weighted by molar-refractivity contribution is -0.139. The molecule has 1 atom stereocenters. The number of nitriles is 1. The Hall–Kier alpha value is -4.25. The number of benzene rings is 2. The quantitative estimate of drug-likeness (QED) is 0.716. The largest absolute Gasteiger partial charge is 0.497 e. The lowest BCUT2D eigenvalue weighted by Crippen LogP contribution is -2.41. The van der Waals surface area contributed by atoms with Gasteiger partial charge in [-0.3, -0.25) is 4.90 Å². The summed E-state index contributed by atoms with van der Waals surface area (Å²) in [5, 5.41) is 10.0. The molecule has 164 valence electrons. The summed E-state index contributed by atoms with van der Waals surface area (Å²) in [4.78, 5) is 27.4. The molecule has 0 fully saturated rings. The van der Waals surface area contributed by atoms with Crippen molar-refractivity contribution in [3.8, 4) is 11.8 Å². The molecule has 0 radical (unpaired) electrons. The van der Waals surface area contributed by atoms with E-state index in [2.05, 4.69) is 6.07 Å². The first-order valence-corrected chi connectivity index (χ1v) is 9.69. The van der Waals surface area contributed by atoms with Gasteiger partial charge in [-0.15, -0.1) is 0 Å². The van der Waals surface area contributed by atoms with Gasteiger partial charge in [0.05, 0.1) is 50.2 Å². The Bertz CT molecular complexity index is 1160. The van der Waals surface area contributed by atoms with Gasteiger partial charge in [-0.2, -0.15) is 5.26 Å². The van der Waals surface area contributed by atoms with Crippen molar-refractivity contribution in [3.05, 3.63) is 82.3 Å². The molecule has 0 aromatic heterocycles. The van der Waals surface area contributed by atoms with Crippen molar-refractivity contribution < 1.29 is 23.8 Å². The molecular formula is C24H23N3O5. The van der Waals surface area contributed by atoms with Crippen molar-refractivity contribution in [2.45, 2.75) is 12.8 Å². The predicted octanol–water partition coefficient (Wildman–Crippen LogP) is 2.90. The lowest BCUT2D eigenvalue weighted by Gasteiger charge is -2.36. The van der Waals surface area contributed by atoms with Crippen LogP contribution in [0.3, 0.4) is 0 Å². The zero-order valence-corrected chi connectivity index (χ0v) is 18.2. The molecule has 1 unspecified atom stereocenters. The van der Waals surface area contributed by atoms with E-state index in [4.69, 9.17) is 19.9 Å². The minimum Gasteiger partial charge on any atom is -0.497 e. The first kappa shape index (κ1) is 22.4. The first-order chi connectivity index (χ1) is 15.4. The van der Waals surface area contributed by atoms with Crippen LogP contribution < -0.4 is 15.4 Å². The fourth-order valence-corrected chi connectivity index (χ4v) is 3.77. The second kappa shape index (κ2) is 9.27. The van der Waals surface area contributed by atoms with Crippen molar-refractivity contribution >= 4 is 17.6 Å². The minimum atomic E-state index is -0.905. The number of aryl methyl sites for hydroxylation is 1. The molecular weight excluding hydrogens is 410 g/mol. The van der Waals surface area contributed by atoms with E-state index >= 15 is 0 Å². The van der Waals surface area contributed by atoms with Gasteiger partial charge < -0.3 is 19.9 Å². The number of hydrogen-bond donors (Lipinski definition) is 1. The van der Waals surface area contributed by atoms with E-state index in [9.17, 15) is 14.9 Å². The second-order valence-electron chi connectivity index (χ2n) is 6.99. The molecule has 2 aromatic rings. The fourth-order valence-electron chi connectivity index (χ4n) is 3.77. The molecule has 3 rings (SSSR count). The molecule has 1 heterocycles. The number of allylic oxidation sites excluding steroid dienone is 1. The Morgan fingerprint density at radius 1 is 1.03 bits per heavy atom. The molecule has 2 N–H and O–H groups in total. The summed E-state index contributed by atoms with van der Waals surface area (Å²) in [6, 6.07) is 16.1. The third-order valence-electron chi connectivity index (χ3n) is 5.26. The molecule has 0 saturated heterocycles. The number of carbonyl (C=O) groups is 2. The molecule has 0 bridgehead atoms. The second-order valence-corrected chi connectivity index (χ2v) is 6.99. The Labute approximate surface area is 186 Å². The van der Waals surface area contributed by atoms with Gasteiger partial charge in [0, 0.05) is 0 Å². The van der Waals surface area contributed by atoms with Gasteiger partial charge in [0.25, 0.3) is 0 Å². The van der Waals surface area contributed by atoms with E-state index in [1.807, 2.05) is 0 Å². The molecule has 0 aliphatic carbocycles. The summed E-state index contributed by atoms with van der Waals surface area (Å²) in [6.45, 7) is 1.80. The van der Waals surface area contributed by atoms with Crippen LogP contribution in [0.5, 0.6) is 5.75 Å². The van der Waals surface area contributed by atoms with E-state index in [0.717, 1.165) is 0 Å². The van der Waals surface area contributed by atoms with Crippen LogP contribution in [0.25, 0.3) is 0 Å². The minimum absolute atomic E-state index is 0.0164. The van der Waals surface area contributed by atoms with Gasteiger partial charge in [0.15, 0.2) is 0 Å². The standard InChI is InChI=1S/C24H23N3O5/c1-14-12-16(30-2)10-11-18(14)27-21(24(29)32-4)20(23(28)31-3)19(17(13-25)22(27)26)15-8-6-5-7-9-15/h5-12,19H,26H2,1-4H3. The van der Waals surface area contributed by atoms with E-state index in [0.29, 0.717) is 22.6 Å². The van der Waals surface area contributed by atoms with Gasteiger partial charge >= 0.3 is 11.9 Å². The highest BCUT2D eigenvalue weighted by atomic mass is 16.5. The van der Waals surface area contributed by atoms with Crippen molar-refractivity contribution in [2.75, 3.05) is 26.2 Å². The number of nitrogens with two attached hydrogens (primary N) is 1. The van der Waals surface area contributed by atoms with Gasteiger partial charge in [-0.25, -0.2) is 9.59 Å². The van der Waals surface area contributed by atoms with Gasteiger partial charge in [-0.05, 0) is 36.2 Å². The third-order valence-corrected chi connectivity index (χ3v) is 5.26. The number of esters is 2. The molecule has 0 amide bonds. The Morgan fingerprint density at radius 3 is 2.22 bits per heavy atom. The monoisotopic (exact) mass is 433 g/mol. The summed E-state index contributed by atoms with van der Waals surface area (Å²) in [7, 11) is 3.96. The third kappa shape index (κ3) is 3.76. The summed E-state index contributed by atoms with van der Waals surface area (Å²) in [6.07, 6.45) is 0. The van der Waals surface area contributed by atoms with Crippen LogP contribution >= 0.6 is 0 Å². The maximum atomic E-state index is 13.0. The van der Waals surface area contributed by atoms with Crippen molar-refractivity contribution in [3.63, 3.8) is 0 Å². The molecule has 1 aliphatic heterocycles. The van der Waals surface area contributed by atoms with Crippen molar-refractivity contribution in [1.82, 2.24) is 0 Å². The molecule has 1 aliphatic rings. The fraction of sp³-hybridized carbons (Fsp3) is 0.208. The number of anilines is 1. The number of hydrogen-bond acceptors (Lipinski definition) is 8. The van der Waals surface area contributed by atoms with Crippen LogP contribution in [0.1, 0.15) is 17.0 Å². The van der Waals surface area contributed by atoms with Gasteiger partial charge in [-0.1, -0.05) is 30.3 Å². The maximum absolute atomic E-state index is 13.0. The van der Waals surface area contributed by atoms with E-state index in [-0.39, 0.29) is 22.7 Å². The van der Waals surface area contributed by atoms with Crippen molar-refractivity contribution in [2.24, 2.45) is 5.73 Å². The zero-order valence-electron chi connectivity index (χ0n) is 18.2. The normalized spacial score (nSPS) is 15.8. The van der Waals surface area contributed by atoms with Crippen LogP contribution in [0, 0.1) is 18.3 Å². The molecule has 8 nitrogen and oxygen atoms in total. The highest BCUT2D eigenvalue weighted by molar-refractivity contribution is 6.06. The predicted molar refractivity (Wildman–Crippen MR) is 117 cm³/mol. The van der Waals surface area contributed by atoms with E-state index in [1.54, 1.807) is 55.5 Å². The molecule has 2 aromatic carbocycles. The highest BCUT2D eigenvalue weighted by Crippen LogP contribution is 2.44. The summed E-state index contributed by atoms with van der Waals surface area (Å²) in [5.74, 6) is -1.84. The molecule has 8 heteroatoms. The van der Waals surface area contributed by atoms with Crippen LogP contribution in [-0.2, 0) is 19.1 Å². The Kier molecular flexibility index (Phi) is 6.50. The maximum Gasteiger partial charge on any atom is 0.355 e. The number of rotatable bonds is 5. The number of ether oxygens (including phenoxy) is 3. The van der Waals surface area contributed by atoms with E-state index < -0.39 is 17.9 Å². The average Bonchev–Trinajstić information content (AvgIpc) is 2.82. The van der Waals surface area contributed by atoms with Gasteiger partial charge in [0.1, 0.15) is 17.3 Å². The smallest absolute Gasteiger partial charge is 0.355 e. The number of nitrogens with zero attached hydrogens (tertiary/aromatic N) is 2. The lowest BCUT2D eigenvalue weighted by atomic mass is 9.80. The number of carbonyl (C=O) groups excluding carboxylic acids is 2. The van der Waals surface area contributed by atoms with E-state index in [1.165, 1.54) is 26.2 Å². The molecule has 0 saturated carbocycles. The van der Waals surface area contributed by atoms with Crippen LogP contribution in [-0.4, -0.2) is 33.3 Å². The van der Waals surface area contributed by atoms with Crippen LogP contribution in [0.4, 0.5) is 5.69 Å². The van der Waals surface area contributed by atoms with Crippen LogP contribution in [0.15, 0.2) is 71.2 Å².